The fourth-order valence-electron chi connectivity index (χ4n) is 1.63. The first-order valence-electron chi connectivity index (χ1n) is 4.63. The fraction of sp³-hybridized carbons (Fsp3) is 0.500. The number of aryl methyl sites for hydroxylation is 1. The lowest BCUT2D eigenvalue weighted by Gasteiger charge is -2.37. The fourth-order valence-corrected chi connectivity index (χ4v) is 1.73. The van der Waals surface area contributed by atoms with Gasteiger partial charge in [-0.15, -0.1) is 0 Å². The van der Waals surface area contributed by atoms with Crippen LogP contribution in [0.25, 0.3) is 0 Å². The van der Waals surface area contributed by atoms with Crippen LogP contribution in [0.2, 0.25) is 5.15 Å². The number of rotatable bonds is 2. The van der Waals surface area contributed by atoms with Crippen LogP contribution in [0.4, 0.5) is 0 Å². The largest absolute Gasteiger partial charge is 0.387 e. The monoisotopic (exact) mass is 212 g/mol. The lowest BCUT2D eigenvalue weighted by Crippen LogP contribution is -2.60. The average molecular weight is 213 g/mol. The van der Waals surface area contributed by atoms with Crippen LogP contribution >= 0.6 is 11.6 Å². The van der Waals surface area contributed by atoms with Crippen molar-refractivity contribution in [2.45, 2.75) is 18.9 Å². The molecular weight excluding hydrogens is 200 g/mol. The smallest absolute Gasteiger partial charge is 0.131 e. The zero-order valence-corrected chi connectivity index (χ0v) is 8.80. The number of halogens is 1. The van der Waals surface area contributed by atoms with Crippen LogP contribution in [0.3, 0.4) is 0 Å². The van der Waals surface area contributed by atoms with Gasteiger partial charge in [-0.3, -0.25) is 0 Å². The SMILES string of the molecule is Cc1cc(CC2(O)CNC2)cnc1Cl. The maximum Gasteiger partial charge on any atom is 0.131 e. The van der Waals surface area contributed by atoms with E-state index < -0.39 is 5.60 Å². The van der Waals surface area contributed by atoms with Crippen LogP contribution < -0.4 is 5.32 Å². The molecule has 2 rings (SSSR count). The number of aromatic nitrogens is 1. The summed E-state index contributed by atoms with van der Waals surface area (Å²) in [6, 6.07) is 1.98. The topological polar surface area (TPSA) is 45.1 Å². The summed E-state index contributed by atoms with van der Waals surface area (Å²) in [6.45, 7) is 3.24. The summed E-state index contributed by atoms with van der Waals surface area (Å²) in [5.41, 5.74) is 1.41. The van der Waals surface area contributed by atoms with Gasteiger partial charge < -0.3 is 10.4 Å². The number of nitrogens with zero attached hydrogens (tertiary/aromatic N) is 1. The minimum absolute atomic E-state index is 0.535. The van der Waals surface area contributed by atoms with Crippen LogP contribution in [-0.4, -0.2) is 28.8 Å². The Labute approximate surface area is 88.1 Å². The molecule has 76 valence electrons. The molecule has 14 heavy (non-hydrogen) atoms. The lowest BCUT2D eigenvalue weighted by molar-refractivity contribution is -0.00908. The summed E-state index contributed by atoms with van der Waals surface area (Å²) in [7, 11) is 0. The van der Waals surface area contributed by atoms with E-state index in [0.29, 0.717) is 24.7 Å². The molecule has 1 aromatic heterocycles. The minimum atomic E-state index is -0.581. The molecule has 4 heteroatoms. The first kappa shape index (κ1) is 9.90. The summed E-state index contributed by atoms with van der Waals surface area (Å²) in [4.78, 5) is 4.06. The van der Waals surface area contributed by atoms with Crippen molar-refractivity contribution in [3.8, 4) is 0 Å². The standard InChI is InChI=1S/C10H13ClN2O/c1-7-2-8(4-13-9(7)11)3-10(14)5-12-6-10/h2,4,12,14H,3,5-6H2,1H3. The van der Waals surface area contributed by atoms with E-state index in [-0.39, 0.29) is 0 Å². The van der Waals surface area contributed by atoms with Crippen molar-refractivity contribution in [2.75, 3.05) is 13.1 Å². The van der Waals surface area contributed by atoms with Gasteiger partial charge in [-0.1, -0.05) is 17.7 Å². The Balaban J connectivity index is 2.13. The molecule has 1 saturated heterocycles. The van der Waals surface area contributed by atoms with Crippen molar-refractivity contribution in [2.24, 2.45) is 0 Å². The van der Waals surface area contributed by atoms with E-state index >= 15 is 0 Å². The lowest BCUT2D eigenvalue weighted by atomic mass is 9.89. The minimum Gasteiger partial charge on any atom is -0.387 e. The van der Waals surface area contributed by atoms with Gasteiger partial charge in [-0.05, 0) is 18.1 Å². The molecule has 0 atom stereocenters. The Morgan fingerprint density at radius 3 is 2.86 bits per heavy atom. The van der Waals surface area contributed by atoms with Gasteiger partial charge in [-0.25, -0.2) is 4.98 Å². The highest BCUT2D eigenvalue weighted by molar-refractivity contribution is 6.30. The van der Waals surface area contributed by atoms with Gasteiger partial charge in [-0.2, -0.15) is 0 Å². The highest BCUT2D eigenvalue weighted by Crippen LogP contribution is 2.20. The van der Waals surface area contributed by atoms with Gasteiger partial charge in [0.25, 0.3) is 0 Å². The summed E-state index contributed by atoms with van der Waals surface area (Å²) in [5.74, 6) is 0. The second-order valence-electron chi connectivity index (χ2n) is 3.96. The van der Waals surface area contributed by atoms with Crippen LogP contribution in [0.15, 0.2) is 12.3 Å². The Bertz CT molecular complexity index is 350. The van der Waals surface area contributed by atoms with Crippen molar-refractivity contribution in [3.63, 3.8) is 0 Å². The molecule has 0 bridgehead atoms. The number of pyridine rings is 1. The van der Waals surface area contributed by atoms with Gasteiger partial charge >= 0.3 is 0 Å². The van der Waals surface area contributed by atoms with Gasteiger partial charge in [0.05, 0.1) is 5.60 Å². The van der Waals surface area contributed by atoms with E-state index in [4.69, 9.17) is 11.6 Å². The summed E-state index contributed by atoms with van der Waals surface area (Å²) in [5, 5.41) is 13.5. The van der Waals surface area contributed by atoms with E-state index in [1.54, 1.807) is 6.20 Å². The number of nitrogens with one attached hydrogen (secondary N) is 1. The third kappa shape index (κ3) is 1.90. The summed E-state index contributed by atoms with van der Waals surface area (Å²) in [6.07, 6.45) is 2.37. The number of hydrogen-bond donors (Lipinski definition) is 2. The molecule has 3 nitrogen and oxygen atoms in total. The van der Waals surface area contributed by atoms with Crippen molar-refractivity contribution >= 4 is 11.6 Å². The Morgan fingerprint density at radius 1 is 1.64 bits per heavy atom. The van der Waals surface area contributed by atoms with Crippen LogP contribution in [0.5, 0.6) is 0 Å². The van der Waals surface area contributed by atoms with E-state index in [1.807, 2.05) is 13.0 Å². The van der Waals surface area contributed by atoms with Crippen LogP contribution in [0, 0.1) is 6.92 Å². The average Bonchev–Trinajstić information content (AvgIpc) is 2.09. The number of β-amino-alcohol motifs (C(OH)–C–C–N with tert-alkyl or cyclic N) is 1. The van der Waals surface area contributed by atoms with Gasteiger partial charge in [0.2, 0.25) is 0 Å². The van der Waals surface area contributed by atoms with E-state index in [9.17, 15) is 5.11 Å². The third-order valence-electron chi connectivity index (χ3n) is 2.51. The molecule has 1 aromatic rings. The second-order valence-corrected chi connectivity index (χ2v) is 4.31. The molecule has 1 aliphatic rings. The molecule has 2 N–H and O–H groups in total. The maximum atomic E-state index is 9.90. The van der Waals surface area contributed by atoms with E-state index in [2.05, 4.69) is 10.3 Å². The highest BCUT2D eigenvalue weighted by atomic mass is 35.5. The molecule has 0 saturated carbocycles. The molecule has 0 spiro atoms. The molecule has 0 amide bonds. The predicted molar refractivity (Wildman–Crippen MR) is 55.5 cm³/mol. The molecular formula is C10H13ClN2O. The molecule has 0 aromatic carbocycles. The molecule has 0 radical (unpaired) electrons. The van der Waals surface area contributed by atoms with Crippen molar-refractivity contribution in [1.82, 2.24) is 10.3 Å². The molecule has 0 unspecified atom stereocenters. The van der Waals surface area contributed by atoms with E-state index in [1.165, 1.54) is 0 Å². The second kappa shape index (κ2) is 3.50. The van der Waals surface area contributed by atoms with Crippen LogP contribution in [-0.2, 0) is 6.42 Å². The Hall–Kier alpha value is -0.640. The normalized spacial score (nSPS) is 19.1. The van der Waals surface area contributed by atoms with Gasteiger partial charge in [0.15, 0.2) is 0 Å². The maximum absolute atomic E-state index is 9.90. The summed E-state index contributed by atoms with van der Waals surface area (Å²) >= 11 is 5.81. The van der Waals surface area contributed by atoms with E-state index in [0.717, 1.165) is 11.1 Å². The highest BCUT2D eigenvalue weighted by Gasteiger charge is 2.34. The van der Waals surface area contributed by atoms with Crippen molar-refractivity contribution in [3.05, 3.63) is 28.5 Å². The summed E-state index contributed by atoms with van der Waals surface area (Å²) < 4.78 is 0. The van der Waals surface area contributed by atoms with Crippen LogP contribution in [0.1, 0.15) is 11.1 Å². The van der Waals surface area contributed by atoms with Gasteiger partial charge in [0.1, 0.15) is 5.15 Å². The Kier molecular flexibility index (Phi) is 2.47. The van der Waals surface area contributed by atoms with Gasteiger partial charge in [0, 0.05) is 25.7 Å². The molecule has 1 fully saturated rings. The zero-order chi connectivity index (χ0) is 10.2. The zero-order valence-electron chi connectivity index (χ0n) is 8.05. The third-order valence-corrected chi connectivity index (χ3v) is 2.91. The molecule has 0 aliphatic carbocycles. The molecule has 2 heterocycles. The number of aliphatic hydroxyl groups is 1. The first-order chi connectivity index (χ1) is 6.59. The Morgan fingerprint density at radius 2 is 2.36 bits per heavy atom. The van der Waals surface area contributed by atoms with Crippen molar-refractivity contribution in [1.29, 1.82) is 0 Å². The molecule has 1 aliphatic heterocycles. The predicted octanol–water partition coefficient (Wildman–Crippen LogP) is 0.920. The first-order valence-corrected chi connectivity index (χ1v) is 5.01. The quantitative estimate of drug-likeness (QED) is 0.717. The van der Waals surface area contributed by atoms with Crippen molar-refractivity contribution < 1.29 is 5.11 Å². The number of hydrogen-bond acceptors (Lipinski definition) is 3.